The van der Waals surface area contributed by atoms with E-state index >= 15 is 0 Å². The smallest absolute Gasteiger partial charge is 0.108 e. The molecule has 0 bridgehead atoms. The lowest BCUT2D eigenvalue weighted by atomic mass is 10.0. The molecule has 1 aromatic carbocycles. The summed E-state index contributed by atoms with van der Waals surface area (Å²) in [6.07, 6.45) is -2.02. The molecule has 1 aromatic rings. The predicted octanol–water partition coefficient (Wildman–Crippen LogP) is 0.384. The average Bonchev–Trinajstić information content (AvgIpc) is 2.15. The summed E-state index contributed by atoms with van der Waals surface area (Å²) in [5.74, 6) is 0. The maximum atomic E-state index is 9.64. The molecule has 2 unspecified atom stereocenters. The highest BCUT2D eigenvalue weighted by molar-refractivity contribution is 9.10. The molecule has 0 saturated carbocycles. The van der Waals surface area contributed by atoms with Gasteiger partial charge in [-0.2, -0.15) is 0 Å². The number of nitrogen functional groups attached to an aromatic ring is 1. The van der Waals surface area contributed by atoms with Gasteiger partial charge >= 0.3 is 0 Å². The van der Waals surface area contributed by atoms with Gasteiger partial charge in [0.25, 0.3) is 0 Å². The standard InChI is InChI=1S/C9H13BrN2O2/c10-5-1-2-6(7(12)3-5)9(14)8(13)4-11/h1-3,8-9,13-14H,4,11-12H2. The number of halogens is 1. The maximum Gasteiger partial charge on any atom is 0.108 e. The van der Waals surface area contributed by atoms with Gasteiger partial charge < -0.3 is 21.7 Å². The van der Waals surface area contributed by atoms with Crippen LogP contribution in [0.4, 0.5) is 5.69 Å². The Balaban J connectivity index is 2.95. The number of hydrogen-bond acceptors (Lipinski definition) is 4. The molecule has 0 radical (unpaired) electrons. The summed E-state index contributed by atoms with van der Waals surface area (Å²) in [5, 5.41) is 19.0. The summed E-state index contributed by atoms with van der Waals surface area (Å²) in [4.78, 5) is 0. The quantitative estimate of drug-likeness (QED) is 0.592. The summed E-state index contributed by atoms with van der Waals surface area (Å²) in [6.45, 7) is -0.00330. The number of aliphatic hydroxyl groups is 2. The Labute approximate surface area is 90.7 Å². The van der Waals surface area contributed by atoms with E-state index in [1.54, 1.807) is 18.2 Å². The lowest BCUT2D eigenvalue weighted by Gasteiger charge is -2.18. The molecule has 0 spiro atoms. The molecule has 4 nitrogen and oxygen atoms in total. The number of anilines is 1. The van der Waals surface area contributed by atoms with E-state index in [9.17, 15) is 10.2 Å². The molecule has 0 fully saturated rings. The number of aliphatic hydroxyl groups excluding tert-OH is 2. The first-order valence-corrected chi connectivity index (χ1v) is 4.96. The fraction of sp³-hybridized carbons (Fsp3) is 0.333. The summed E-state index contributed by atoms with van der Waals surface area (Å²) in [7, 11) is 0. The van der Waals surface area contributed by atoms with Gasteiger partial charge in [0.1, 0.15) is 6.10 Å². The predicted molar refractivity (Wildman–Crippen MR) is 58.6 cm³/mol. The van der Waals surface area contributed by atoms with E-state index in [-0.39, 0.29) is 6.54 Å². The molecule has 14 heavy (non-hydrogen) atoms. The van der Waals surface area contributed by atoms with Crippen molar-refractivity contribution >= 4 is 21.6 Å². The molecular weight excluding hydrogens is 248 g/mol. The third-order valence-corrected chi connectivity index (χ3v) is 2.47. The summed E-state index contributed by atoms with van der Waals surface area (Å²) < 4.78 is 0.827. The Kier molecular flexibility index (Phi) is 3.88. The first-order chi connectivity index (χ1) is 6.56. The molecule has 0 amide bonds. The summed E-state index contributed by atoms with van der Waals surface area (Å²) in [6, 6.07) is 5.07. The van der Waals surface area contributed by atoms with Gasteiger partial charge in [0, 0.05) is 22.3 Å². The van der Waals surface area contributed by atoms with Crippen molar-refractivity contribution in [3.05, 3.63) is 28.2 Å². The minimum Gasteiger partial charge on any atom is -0.398 e. The molecule has 1 rings (SSSR count). The van der Waals surface area contributed by atoms with Crippen molar-refractivity contribution in [3.8, 4) is 0 Å². The number of nitrogens with two attached hydrogens (primary N) is 2. The molecule has 2 atom stereocenters. The zero-order valence-electron chi connectivity index (χ0n) is 7.52. The Morgan fingerprint density at radius 1 is 1.36 bits per heavy atom. The molecule has 6 N–H and O–H groups in total. The normalized spacial score (nSPS) is 15.1. The second kappa shape index (κ2) is 4.75. The molecule has 0 heterocycles. The molecule has 0 saturated heterocycles. The van der Waals surface area contributed by atoms with Crippen LogP contribution >= 0.6 is 15.9 Å². The fourth-order valence-electron chi connectivity index (χ4n) is 1.15. The summed E-state index contributed by atoms with van der Waals surface area (Å²) in [5.41, 5.74) is 11.8. The van der Waals surface area contributed by atoms with Crippen LogP contribution in [0.2, 0.25) is 0 Å². The van der Waals surface area contributed by atoms with Crippen molar-refractivity contribution in [1.82, 2.24) is 0 Å². The minimum atomic E-state index is -1.03. The van der Waals surface area contributed by atoms with Crippen LogP contribution in [0.5, 0.6) is 0 Å². The van der Waals surface area contributed by atoms with E-state index in [1.165, 1.54) is 0 Å². The molecular formula is C9H13BrN2O2. The molecule has 5 heteroatoms. The number of rotatable bonds is 3. The number of hydrogen-bond donors (Lipinski definition) is 4. The fourth-order valence-corrected chi connectivity index (χ4v) is 1.53. The Hall–Kier alpha value is -0.620. The Morgan fingerprint density at radius 3 is 2.50 bits per heavy atom. The average molecular weight is 261 g/mol. The van der Waals surface area contributed by atoms with Crippen LogP contribution in [0.3, 0.4) is 0 Å². The lowest BCUT2D eigenvalue weighted by Crippen LogP contribution is -2.27. The minimum absolute atomic E-state index is 0.00330. The molecule has 0 aliphatic rings. The first kappa shape index (κ1) is 11.5. The Bertz CT molecular complexity index is 320. The third-order valence-electron chi connectivity index (χ3n) is 1.97. The van der Waals surface area contributed by atoms with Gasteiger partial charge in [0.05, 0.1) is 6.10 Å². The highest BCUT2D eigenvalue weighted by Gasteiger charge is 2.18. The van der Waals surface area contributed by atoms with Gasteiger partial charge in [-0.15, -0.1) is 0 Å². The first-order valence-electron chi connectivity index (χ1n) is 4.17. The van der Waals surface area contributed by atoms with E-state index in [2.05, 4.69) is 15.9 Å². The van der Waals surface area contributed by atoms with E-state index in [1.807, 2.05) is 0 Å². The van der Waals surface area contributed by atoms with Crippen molar-refractivity contribution < 1.29 is 10.2 Å². The molecule has 78 valence electrons. The van der Waals surface area contributed by atoms with E-state index in [4.69, 9.17) is 11.5 Å². The molecule has 0 aliphatic carbocycles. The highest BCUT2D eigenvalue weighted by atomic mass is 79.9. The van der Waals surface area contributed by atoms with Crippen LogP contribution in [0.15, 0.2) is 22.7 Å². The van der Waals surface area contributed by atoms with E-state index in [0.29, 0.717) is 11.3 Å². The van der Waals surface area contributed by atoms with Crippen LogP contribution < -0.4 is 11.5 Å². The van der Waals surface area contributed by atoms with Crippen molar-refractivity contribution in [2.45, 2.75) is 12.2 Å². The monoisotopic (exact) mass is 260 g/mol. The Morgan fingerprint density at radius 2 is 2.00 bits per heavy atom. The molecule has 0 aromatic heterocycles. The topological polar surface area (TPSA) is 92.5 Å². The number of benzene rings is 1. The lowest BCUT2D eigenvalue weighted by molar-refractivity contribution is 0.0248. The van der Waals surface area contributed by atoms with Crippen molar-refractivity contribution in [3.63, 3.8) is 0 Å². The summed E-state index contributed by atoms with van der Waals surface area (Å²) >= 11 is 3.25. The largest absolute Gasteiger partial charge is 0.398 e. The van der Waals surface area contributed by atoms with Gasteiger partial charge in [-0.1, -0.05) is 22.0 Å². The highest BCUT2D eigenvalue weighted by Crippen LogP contribution is 2.25. The second-order valence-electron chi connectivity index (χ2n) is 3.02. The van der Waals surface area contributed by atoms with Gasteiger partial charge in [-0.25, -0.2) is 0 Å². The second-order valence-corrected chi connectivity index (χ2v) is 3.94. The van der Waals surface area contributed by atoms with Crippen molar-refractivity contribution in [2.24, 2.45) is 5.73 Å². The van der Waals surface area contributed by atoms with Crippen LogP contribution in [-0.4, -0.2) is 22.9 Å². The van der Waals surface area contributed by atoms with Gasteiger partial charge in [-0.05, 0) is 12.1 Å². The van der Waals surface area contributed by atoms with Crippen LogP contribution in [0.1, 0.15) is 11.7 Å². The van der Waals surface area contributed by atoms with Crippen LogP contribution in [0.25, 0.3) is 0 Å². The van der Waals surface area contributed by atoms with Gasteiger partial charge in [-0.3, -0.25) is 0 Å². The van der Waals surface area contributed by atoms with Crippen LogP contribution in [-0.2, 0) is 0 Å². The molecule has 0 aliphatic heterocycles. The van der Waals surface area contributed by atoms with Crippen LogP contribution in [0, 0.1) is 0 Å². The van der Waals surface area contributed by atoms with Gasteiger partial charge in [0.2, 0.25) is 0 Å². The van der Waals surface area contributed by atoms with Gasteiger partial charge in [0.15, 0.2) is 0 Å². The third kappa shape index (κ3) is 2.45. The zero-order valence-corrected chi connectivity index (χ0v) is 9.11. The maximum absolute atomic E-state index is 9.64. The zero-order chi connectivity index (χ0) is 10.7. The van der Waals surface area contributed by atoms with Crippen molar-refractivity contribution in [2.75, 3.05) is 12.3 Å². The van der Waals surface area contributed by atoms with E-state index < -0.39 is 12.2 Å². The SMILES string of the molecule is NCC(O)C(O)c1ccc(Br)cc1N. The van der Waals surface area contributed by atoms with E-state index in [0.717, 1.165) is 4.47 Å². The van der Waals surface area contributed by atoms with Crippen molar-refractivity contribution in [1.29, 1.82) is 0 Å².